The normalized spacial score (nSPS) is 10.6. The number of nitrogens with one attached hydrogen (secondary N) is 1. The van der Waals surface area contributed by atoms with Gasteiger partial charge in [-0.3, -0.25) is 0 Å². The number of hydrogen-bond donors (Lipinski definition) is 2. The van der Waals surface area contributed by atoms with Gasteiger partial charge in [-0.25, -0.2) is 0 Å². The summed E-state index contributed by atoms with van der Waals surface area (Å²) in [6.45, 7) is 5.73. The van der Waals surface area contributed by atoms with Crippen LogP contribution in [-0.4, -0.2) is 31.4 Å². The summed E-state index contributed by atoms with van der Waals surface area (Å²) in [5, 5.41) is 3.35. The van der Waals surface area contributed by atoms with Crippen molar-refractivity contribution in [3.63, 3.8) is 0 Å². The van der Waals surface area contributed by atoms with E-state index in [1.165, 1.54) is 0 Å². The molecular formula is C15H24N2O2S. The summed E-state index contributed by atoms with van der Waals surface area (Å²) in [6, 6.07) is 5.65. The van der Waals surface area contributed by atoms with E-state index in [2.05, 4.69) is 5.32 Å². The minimum absolute atomic E-state index is 0.294. The molecule has 5 heteroatoms. The zero-order valence-electron chi connectivity index (χ0n) is 12.4. The van der Waals surface area contributed by atoms with E-state index in [1.807, 2.05) is 32.0 Å². The Morgan fingerprint density at radius 2 is 2.10 bits per heavy atom. The Balaban J connectivity index is 2.47. The van der Waals surface area contributed by atoms with E-state index in [4.69, 9.17) is 27.4 Å². The highest BCUT2D eigenvalue weighted by Gasteiger charge is 2.06. The molecule has 112 valence electrons. The van der Waals surface area contributed by atoms with Gasteiger partial charge in [0.05, 0.1) is 13.2 Å². The molecular weight excluding hydrogens is 272 g/mol. The molecule has 20 heavy (non-hydrogen) atoms. The van der Waals surface area contributed by atoms with E-state index in [1.54, 1.807) is 7.11 Å². The molecule has 0 saturated carbocycles. The van der Waals surface area contributed by atoms with Gasteiger partial charge in [-0.2, -0.15) is 0 Å². The second-order valence-electron chi connectivity index (χ2n) is 4.83. The van der Waals surface area contributed by atoms with Crippen LogP contribution in [0.4, 0.5) is 5.69 Å². The number of thiocarbonyl (C=S) groups is 1. The molecule has 0 aliphatic heterocycles. The first kappa shape index (κ1) is 16.7. The predicted molar refractivity (Wildman–Crippen MR) is 87.7 cm³/mol. The average molecular weight is 296 g/mol. The lowest BCUT2D eigenvalue weighted by atomic mass is 10.1. The fourth-order valence-electron chi connectivity index (χ4n) is 1.78. The number of unbranched alkanes of at least 4 members (excludes halogenated alkanes) is 1. The maximum absolute atomic E-state index is 5.72. The molecule has 0 atom stereocenters. The lowest BCUT2D eigenvalue weighted by Gasteiger charge is -2.13. The van der Waals surface area contributed by atoms with Crippen LogP contribution in [-0.2, 0) is 4.74 Å². The number of ether oxygens (including phenoxy) is 2. The molecule has 0 spiro atoms. The average Bonchev–Trinajstić information content (AvgIpc) is 2.41. The van der Waals surface area contributed by atoms with Crippen LogP contribution in [0.1, 0.15) is 32.3 Å². The van der Waals surface area contributed by atoms with E-state index < -0.39 is 0 Å². The summed E-state index contributed by atoms with van der Waals surface area (Å²) in [6.07, 6.45) is 2.35. The fraction of sp³-hybridized carbons (Fsp3) is 0.533. The van der Waals surface area contributed by atoms with Crippen LogP contribution in [0, 0.1) is 0 Å². The van der Waals surface area contributed by atoms with Crippen LogP contribution in [0.2, 0.25) is 0 Å². The molecule has 1 rings (SSSR count). The molecule has 0 heterocycles. The quantitative estimate of drug-likeness (QED) is 0.542. The molecule has 0 aliphatic rings. The highest BCUT2D eigenvalue weighted by Crippen LogP contribution is 2.22. The third-order valence-corrected chi connectivity index (χ3v) is 3.05. The maximum Gasteiger partial charge on any atom is 0.120 e. The summed E-state index contributed by atoms with van der Waals surface area (Å²) in [7, 11) is 1.64. The summed E-state index contributed by atoms with van der Waals surface area (Å²) in [4.78, 5) is 0.387. The molecule has 1 aromatic rings. The first-order valence-corrected chi connectivity index (χ1v) is 7.28. The van der Waals surface area contributed by atoms with Crippen molar-refractivity contribution < 1.29 is 9.47 Å². The lowest BCUT2D eigenvalue weighted by molar-refractivity contribution is 0.0765. The van der Waals surface area contributed by atoms with E-state index in [0.717, 1.165) is 43.0 Å². The van der Waals surface area contributed by atoms with E-state index in [-0.39, 0.29) is 0 Å². The van der Waals surface area contributed by atoms with Crippen molar-refractivity contribution in [2.24, 2.45) is 5.73 Å². The van der Waals surface area contributed by atoms with Gasteiger partial charge in [0.25, 0.3) is 0 Å². The van der Waals surface area contributed by atoms with Crippen LogP contribution in [0.5, 0.6) is 5.75 Å². The van der Waals surface area contributed by atoms with Crippen LogP contribution >= 0.6 is 12.2 Å². The molecule has 0 radical (unpaired) electrons. The summed E-state index contributed by atoms with van der Waals surface area (Å²) in [5.74, 6) is 0.788. The van der Waals surface area contributed by atoms with Crippen molar-refractivity contribution in [1.82, 2.24) is 0 Å². The summed E-state index contributed by atoms with van der Waals surface area (Å²) >= 11 is 5.06. The molecule has 0 aromatic heterocycles. The number of benzene rings is 1. The Morgan fingerprint density at radius 1 is 1.35 bits per heavy atom. The van der Waals surface area contributed by atoms with Gasteiger partial charge in [-0.05, 0) is 38.8 Å². The number of hydrogen-bond acceptors (Lipinski definition) is 4. The van der Waals surface area contributed by atoms with Crippen LogP contribution < -0.4 is 15.8 Å². The van der Waals surface area contributed by atoms with Gasteiger partial charge in [0, 0.05) is 30.5 Å². The first-order valence-electron chi connectivity index (χ1n) is 6.88. The van der Waals surface area contributed by atoms with Gasteiger partial charge in [0.1, 0.15) is 10.7 Å². The van der Waals surface area contributed by atoms with Gasteiger partial charge in [-0.1, -0.05) is 12.2 Å². The molecule has 1 aromatic carbocycles. The molecule has 0 saturated heterocycles. The Labute approximate surface area is 126 Å². The van der Waals surface area contributed by atoms with E-state index in [0.29, 0.717) is 11.1 Å². The van der Waals surface area contributed by atoms with Gasteiger partial charge < -0.3 is 20.5 Å². The second-order valence-corrected chi connectivity index (χ2v) is 5.27. The van der Waals surface area contributed by atoms with Crippen molar-refractivity contribution in [2.45, 2.75) is 32.8 Å². The number of rotatable bonds is 9. The van der Waals surface area contributed by atoms with Crippen molar-refractivity contribution in [1.29, 1.82) is 0 Å². The minimum Gasteiger partial charge on any atom is -0.497 e. The molecule has 0 aliphatic carbocycles. The van der Waals surface area contributed by atoms with Crippen LogP contribution in [0.25, 0.3) is 0 Å². The smallest absolute Gasteiger partial charge is 0.120 e. The third kappa shape index (κ3) is 5.75. The highest BCUT2D eigenvalue weighted by atomic mass is 32.1. The minimum atomic E-state index is 0.294. The largest absolute Gasteiger partial charge is 0.497 e. The molecule has 0 unspecified atom stereocenters. The van der Waals surface area contributed by atoms with Crippen LogP contribution in [0.15, 0.2) is 18.2 Å². The van der Waals surface area contributed by atoms with E-state index in [9.17, 15) is 0 Å². The highest BCUT2D eigenvalue weighted by molar-refractivity contribution is 7.80. The molecule has 4 nitrogen and oxygen atoms in total. The monoisotopic (exact) mass is 296 g/mol. The predicted octanol–water partition coefficient (Wildman–Crippen LogP) is 2.95. The van der Waals surface area contributed by atoms with E-state index >= 15 is 0 Å². The van der Waals surface area contributed by atoms with Crippen molar-refractivity contribution in [2.75, 3.05) is 25.6 Å². The molecule has 0 fully saturated rings. The standard InChI is InChI=1S/C15H24N2O2S/c1-11(2)19-9-5-4-8-17-14-10-12(18-3)6-7-13(14)15(16)20/h6-7,10-11,17H,4-5,8-9H2,1-3H3,(H2,16,20). The second kappa shape index (κ2) is 8.76. The van der Waals surface area contributed by atoms with Crippen molar-refractivity contribution in [3.05, 3.63) is 23.8 Å². The topological polar surface area (TPSA) is 56.5 Å². The zero-order valence-corrected chi connectivity index (χ0v) is 13.3. The fourth-order valence-corrected chi connectivity index (χ4v) is 1.96. The van der Waals surface area contributed by atoms with Gasteiger partial charge >= 0.3 is 0 Å². The van der Waals surface area contributed by atoms with Gasteiger partial charge in [-0.15, -0.1) is 0 Å². The first-order chi connectivity index (χ1) is 9.54. The summed E-state index contributed by atoms with van der Waals surface area (Å²) in [5.41, 5.74) is 7.49. The van der Waals surface area contributed by atoms with Crippen LogP contribution in [0.3, 0.4) is 0 Å². The maximum atomic E-state index is 5.72. The van der Waals surface area contributed by atoms with Crippen molar-refractivity contribution in [3.8, 4) is 5.75 Å². The summed E-state index contributed by atoms with van der Waals surface area (Å²) < 4.78 is 10.7. The Morgan fingerprint density at radius 3 is 2.70 bits per heavy atom. The number of nitrogens with two attached hydrogens (primary N) is 1. The molecule has 0 bridgehead atoms. The Kier molecular flexibility index (Phi) is 7.33. The Bertz CT molecular complexity index is 436. The SMILES string of the molecule is COc1ccc(C(N)=S)c(NCCCCOC(C)C)c1. The third-order valence-electron chi connectivity index (χ3n) is 2.83. The zero-order chi connectivity index (χ0) is 15.0. The van der Waals surface area contributed by atoms with Gasteiger partial charge in [0.15, 0.2) is 0 Å². The van der Waals surface area contributed by atoms with Crippen molar-refractivity contribution >= 4 is 22.9 Å². The number of anilines is 1. The van der Waals surface area contributed by atoms with Gasteiger partial charge in [0.2, 0.25) is 0 Å². The number of methoxy groups -OCH3 is 1. The molecule has 0 amide bonds. The lowest BCUT2D eigenvalue weighted by Crippen LogP contribution is -2.14. The Hall–Kier alpha value is -1.33. The molecule has 3 N–H and O–H groups in total.